The first-order valence-electron chi connectivity index (χ1n) is 11.4. The van der Waals surface area contributed by atoms with E-state index in [-0.39, 0.29) is 34.4 Å². The van der Waals surface area contributed by atoms with Gasteiger partial charge in [-0.2, -0.15) is 0 Å². The van der Waals surface area contributed by atoms with Crippen LogP contribution in [0.25, 0.3) is 0 Å². The van der Waals surface area contributed by atoms with E-state index in [0.29, 0.717) is 25.3 Å². The Hall–Kier alpha value is -1.85. The lowest BCUT2D eigenvalue weighted by molar-refractivity contribution is -0.150. The van der Waals surface area contributed by atoms with Crippen molar-refractivity contribution in [3.05, 3.63) is 11.8 Å². The minimum atomic E-state index is -0.687. The Labute approximate surface area is 179 Å². The maximum Gasteiger partial charge on any atom is 0.414 e. The molecule has 0 spiro atoms. The Morgan fingerprint density at radius 3 is 2.47 bits per heavy atom. The number of carboxylic acid groups (broad SMARTS) is 1. The maximum atomic E-state index is 13.2. The molecule has 4 aliphatic rings. The van der Waals surface area contributed by atoms with Gasteiger partial charge in [0.25, 0.3) is 0 Å². The number of rotatable bonds is 1. The number of nitrogens with zero attached hydrogens (tertiary/aromatic N) is 1. The second-order valence-corrected chi connectivity index (χ2v) is 11.4. The van der Waals surface area contributed by atoms with E-state index in [1.54, 1.807) is 11.0 Å². The van der Waals surface area contributed by atoms with Crippen LogP contribution in [0.5, 0.6) is 0 Å². The monoisotopic (exact) mass is 417 g/mol. The molecule has 3 aliphatic carbocycles. The summed E-state index contributed by atoms with van der Waals surface area (Å²) in [5.41, 5.74) is -0.289. The number of likely N-dealkylation sites (tertiary alicyclic amines) is 1. The normalized spacial score (nSPS) is 40.8. The van der Waals surface area contributed by atoms with Crippen LogP contribution in [0.4, 0.5) is 4.79 Å². The second kappa shape index (κ2) is 6.83. The number of hydrogen-bond acceptors (Lipinski definition) is 4. The lowest BCUT2D eigenvalue weighted by atomic mass is 9.49. The summed E-state index contributed by atoms with van der Waals surface area (Å²) in [5, 5.41) is 9.82. The fourth-order valence-corrected chi connectivity index (χ4v) is 7.20. The molecule has 1 saturated heterocycles. The second-order valence-electron chi connectivity index (χ2n) is 11.4. The van der Waals surface area contributed by atoms with Crippen LogP contribution in [0.1, 0.15) is 73.1 Å². The Morgan fingerprint density at radius 2 is 1.83 bits per heavy atom. The van der Waals surface area contributed by atoms with Crippen molar-refractivity contribution in [3.8, 4) is 0 Å². The number of carbonyl (C=O) groups is 3. The van der Waals surface area contributed by atoms with Gasteiger partial charge in [0.05, 0.1) is 5.92 Å². The van der Waals surface area contributed by atoms with Crippen LogP contribution in [-0.2, 0) is 14.3 Å². The van der Waals surface area contributed by atoms with Crippen LogP contribution in [0.3, 0.4) is 0 Å². The van der Waals surface area contributed by atoms with Crippen LogP contribution < -0.4 is 0 Å². The van der Waals surface area contributed by atoms with Crippen molar-refractivity contribution in [1.29, 1.82) is 0 Å². The molecule has 0 radical (unpaired) electrons. The fourth-order valence-electron chi connectivity index (χ4n) is 7.20. The molecule has 3 fully saturated rings. The van der Waals surface area contributed by atoms with Crippen LogP contribution >= 0.6 is 0 Å². The molecular formula is C24H35NO5. The van der Waals surface area contributed by atoms with E-state index >= 15 is 0 Å². The highest BCUT2D eigenvalue weighted by Gasteiger charge is 2.62. The zero-order valence-corrected chi connectivity index (χ0v) is 18.9. The van der Waals surface area contributed by atoms with Gasteiger partial charge in [-0.25, -0.2) is 4.79 Å². The summed E-state index contributed by atoms with van der Waals surface area (Å²) in [6.07, 6.45) is 5.98. The summed E-state index contributed by atoms with van der Waals surface area (Å²) < 4.78 is 5.72. The van der Waals surface area contributed by atoms with Crippen molar-refractivity contribution in [2.45, 2.75) is 78.7 Å². The quantitative estimate of drug-likeness (QED) is 0.672. The van der Waals surface area contributed by atoms with Crippen molar-refractivity contribution in [1.82, 2.24) is 4.90 Å². The summed E-state index contributed by atoms with van der Waals surface area (Å²) in [6, 6.07) is 0. The van der Waals surface area contributed by atoms with Crippen LogP contribution in [-0.4, -0.2) is 40.0 Å². The van der Waals surface area contributed by atoms with Crippen LogP contribution in [0, 0.1) is 34.5 Å². The van der Waals surface area contributed by atoms with Crippen molar-refractivity contribution in [2.75, 3.05) is 6.54 Å². The van der Waals surface area contributed by atoms with Gasteiger partial charge in [-0.05, 0) is 76.0 Å². The molecule has 1 heterocycles. The van der Waals surface area contributed by atoms with Crippen molar-refractivity contribution < 1.29 is 24.2 Å². The van der Waals surface area contributed by atoms with E-state index in [0.717, 1.165) is 31.4 Å². The number of carboxylic acids is 1. The lowest BCUT2D eigenvalue weighted by Crippen LogP contribution is -2.59. The van der Waals surface area contributed by atoms with Crippen molar-refractivity contribution in [2.24, 2.45) is 34.5 Å². The fraction of sp³-hybridized carbons (Fsp3) is 0.792. The molecule has 0 bridgehead atoms. The minimum absolute atomic E-state index is 0.0712. The molecule has 30 heavy (non-hydrogen) atoms. The largest absolute Gasteiger partial charge is 0.481 e. The van der Waals surface area contributed by atoms with E-state index in [9.17, 15) is 19.5 Å². The number of amides is 1. The molecule has 0 aromatic carbocycles. The number of ketones is 1. The third kappa shape index (κ3) is 3.18. The number of ether oxygens (including phenoxy) is 1. The smallest absolute Gasteiger partial charge is 0.414 e. The predicted octanol–water partition coefficient (Wildman–Crippen LogP) is 4.63. The molecule has 4 rings (SSSR count). The first-order chi connectivity index (χ1) is 13.9. The van der Waals surface area contributed by atoms with Crippen LogP contribution in [0.2, 0.25) is 0 Å². The third-order valence-corrected chi connectivity index (χ3v) is 8.63. The highest BCUT2D eigenvalue weighted by molar-refractivity contribution is 5.92. The summed E-state index contributed by atoms with van der Waals surface area (Å²) in [5.74, 6) is -0.0539. The first kappa shape index (κ1) is 21.4. The Morgan fingerprint density at radius 1 is 1.13 bits per heavy atom. The van der Waals surface area contributed by atoms with Gasteiger partial charge in [-0.1, -0.05) is 13.8 Å². The van der Waals surface area contributed by atoms with Gasteiger partial charge >= 0.3 is 12.1 Å². The SMILES string of the molecule is CC(C)(C)OC(=O)N1C[C@H]2[C@@H]3CC[C@H](C(=O)O)[C@@]3(C)CC[C@@H]2[C@@]2(C)CCC(=O)C=C12. The molecule has 6 heteroatoms. The van der Waals surface area contributed by atoms with Gasteiger partial charge in [-0.15, -0.1) is 0 Å². The topological polar surface area (TPSA) is 83.9 Å². The standard InChI is InChI=1S/C24H35NO5/c1-22(2,3)30-21(29)25-13-15-16-6-7-18(20(27)28)23(16,4)11-9-17(15)24(5)10-8-14(26)12-19(24)25/h12,15-18H,6-11,13H2,1-5H3,(H,27,28)/t15-,16-,17-,18+,23-,24+/m0/s1. The summed E-state index contributed by atoms with van der Waals surface area (Å²) in [7, 11) is 0. The molecule has 1 N–H and O–H groups in total. The Kier molecular flexibility index (Phi) is 4.87. The van der Waals surface area contributed by atoms with Gasteiger partial charge < -0.3 is 9.84 Å². The zero-order chi connectivity index (χ0) is 22.1. The number of allylic oxidation sites excluding steroid dienone is 2. The highest BCUT2D eigenvalue weighted by atomic mass is 16.6. The average molecular weight is 418 g/mol. The van der Waals surface area contributed by atoms with Crippen LogP contribution in [0.15, 0.2) is 11.8 Å². The van der Waals surface area contributed by atoms with Gasteiger partial charge in [-0.3, -0.25) is 14.5 Å². The molecule has 1 amide bonds. The minimum Gasteiger partial charge on any atom is -0.481 e. The van der Waals surface area contributed by atoms with Gasteiger partial charge in [0.1, 0.15) is 5.60 Å². The molecular weight excluding hydrogens is 382 g/mol. The highest BCUT2D eigenvalue weighted by Crippen LogP contribution is 2.65. The Bertz CT molecular complexity index is 811. The average Bonchev–Trinajstić information content (AvgIpc) is 2.98. The molecule has 0 aromatic rings. The predicted molar refractivity (Wildman–Crippen MR) is 112 cm³/mol. The summed E-state index contributed by atoms with van der Waals surface area (Å²) in [4.78, 5) is 39.2. The molecule has 6 nitrogen and oxygen atoms in total. The molecule has 6 atom stereocenters. The van der Waals surface area contributed by atoms with E-state index in [1.165, 1.54) is 0 Å². The number of carbonyl (C=O) groups excluding carboxylic acids is 2. The molecule has 1 aliphatic heterocycles. The molecule has 0 unspecified atom stereocenters. The zero-order valence-electron chi connectivity index (χ0n) is 18.9. The summed E-state index contributed by atoms with van der Waals surface area (Å²) in [6.45, 7) is 10.4. The Balaban J connectivity index is 1.73. The van der Waals surface area contributed by atoms with Crippen molar-refractivity contribution in [3.63, 3.8) is 0 Å². The van der Waals surface area contributed by atoms with Gasteiger partial charge in [0, 0.05) is 30.2 Å². The molecule has 2 saturated carbocycles. The van der Waals surface area contributed by atoms with Crippen molar-refractivity contribution >= 4 is 17.8 Å². The number of hydrogen-bond donors (Lipinski definition) is 1. The summed E-state index contributed by atoms with van der Waals surface area (Å²) >= 11 is 0. The van der Waals surface area contributed by atoms with E-state index in [2.05, 4.69) is 13.8 Å². The van der Waals surface area contributed by atoms with E-state index in [1.807, 2.05) is 20.8 Å². The number of fused-ring (bicyclic) bond motifs is 5. The van der Waals surface area contributed by atoms with E-state index in [4.69, 9.17) is 4.74 Å². The van der Waals surface area contributed by atoms with Gasteiger partial charge in [0.2, 0.25) is 0 Å². The van der Waals surface area contributed by atoms with Gasteiger partial charge in [0.15, 0.2) is 5.78 Å². The maximum absolute atomic E-state index is 13.2. The van der Waals surface area contributed by atoms with E-state index < -0.39 is 17.7 Å². The molecule has 0 aromatic heterocycles. The lowest BCUT2D eigenvalue weighted by Gasteiger charge is -2.59. The molecule has 166 valence electrons. The first-order valence-corrected chi connectivity index (χ1v) is 11.4. The number of piperidine rings is 1. The third-order valence-electron chi connectivity index (χ3n) is 8.63. The number of aliphatic carboxylic acids is 1.